The van der Waals surface area contributed by atoms with Crippen molar-refractivity contribution in [1.82, 2.24) is 0 Å². The zero-order chi connectivity index (χ0) is 20.2. The Morgan fingerprint density at radius 2 is 1.25 bits per heavy atom. The Labute approximate surface area is 175 Å². The first-order chi connectivity index (χ1) is 13.6. The number of ether oxygens (including phenoxy) is 1. The van der Waals surface area contributed by atoms with Crippen LogP contribution in [0, 0.1) is 31.6 Å². The predicted octanol–water partition coefficient (Wildman–Crippen LogP) is 8.05. The quantitative estimate of drug-likeness (QED) is 0.356. The largest absolute Gasteiger partial charge is 0.378 e. The molecule has 28 heavy (non-hydrogen) atoms. The number of hydrogen-bond acceptors (Lipinski definition) is 1. The zero-order valence-electron chi connectivity index (χ0n) is 19.0. The lowest BCUT2D eigenvalue weighted by Crippen LogP contribution is -2.21. The SMILES string of the molecule is CCCCOC1CCC(C=CC2CCC(C)CC2)CC1.Cc1ccc(C)cc1. The molecule has 0 spiro atoms. The van der Waals surface area contributed by atoms with Crippen molar-refractivity contribution in [1.29, 1.82) is 0 Å². The fourth-order valence-electron chi connectivity index (χ4n) is 4.27. The molecule has 0 N–H and O–H groups in total. The molecule has 1 aromatic carbocycles. The van der Waals surface area contributed by atoms with Gasteiger partial charge in [0.1, 0.15) is 0 Å². The topological polar surface area (TPSA) is 9.23 Å². The molecule has 2 fully saturated rings. The Morgan fingerprint density at radius 1 is 0.786 bits per heavy atom. The maximum absolute atomic E-state index is 5.95. The van der Waals surface area contributed by atoms with Crippen molar-refractivity contribution in [2.75, 3.05) is 6.61 Å². The van der Waals surface area contributed by atoms with Crippen LogP contribution in [0.15, 0.2) is 36.4 Å². The third kappa shape index (κ3) is 9.41. The average Bonchev–Trinajstić information content (AvgIpc) is 2.71. The highest BCUT2D eigenvalue weighted by molar-refractivity contribution is 5.19. The number of benzene rings is 1. The summed E-state index contributed by atoms with van der Waals surface area (Å²) in [4.78, 5) is 0. The van der Waals surface area contributed by atoms with E-state index in [0.29, 0.717) is 6.10 Å². The highest BCUT2D eigenvalue weighted by Gasteiger charge is 2.21. The molecule has 0 aromatic heterocycles. The fraction of sp³-hybridized carbons (Fsp3) is 0.704. The zero-order valence-corrected chi connectivity index (χ0v) is 19.0. The molecule has 0 bridgehead atoms. The second-order valence-corrected chi connectivity index (χ2v) is 9.32. The van der Waals surface area contributed by atoms with Crippen LogP contribution in [0.3, 0.4) is 0 Å². The van der Waals surface area contributed by atoms with Gasteiger partial charge < -0.3 is 4.74 Å². The minimum Gasteiger partial charge on any atom is -0.378 e. The van der Waals surface area contributed by atoms with E-state index in [0.717, 1.165) is 24.4 Å². The van der Waals surface area contributed by atoms with Crippen molar-refractivity contribution < 1.29 is 4.74 Å². The Bertz CT molecular complexity index is 507. The lowest BCUT2D eigenvalue weighted by Gasteiger charge is -2.28. The summed E-state index contributed by atoms with van der Waals surface area (Å²) >= 11 is 0. The molecule has 0 atom stereocenters. The van der Waals surface area contributed by atoms with Crippen LogP contribution in [0.2, 0.25) is 0 Å². The Morgan fingerprint density at radius 3 is 1.71 bits per heavy atom. The number of hydrogen-bond donors (Lipinski definition) is 0. The van der Waals surface area contributed by atoms with Gasteiger partial charge in [0.2, 0.25) is 0 Å². The molecule has 1 aromatic rings. The van der Waals surface area contributed by atoms with Gasteiger partial charge in [-0.15, -0.1) is 0 Å². The molecular formula is C27H44O. The highest BCUT2D eigenvalue weighted by atomic mass is 16.5. The van der Waals surface area contributed by atoms with Crippen LogP contribution in [-0.4, -0.2) is 12.7 Å². The van der Waals surface area contributed by atoms with Crippen LogP contribution in [0.5, 0.6) is 0 Å². The molecule has 0 amide bonds. The predicted molar refractivity (Wildman–Crippen MR) is 123 cm³/mol. The van der Waals surface area contributed by atoms with Gasteiger partial charge >= 0.3 is 0 Å². The monoisotopic (exact) mass is 384 g/mol. The lowest BCUT2D eigenvalue weighted by molar-refractivity contribution is 0.0208. The van der Waals surface area contributed by atoms with Crippen LogP contribution >= 0.6 is 0 Å². The highest BCUT2D eigenvalue weighted by Crippen LogP contribution is 2.31. The van der Waals surface area contributed by atoms with E-state index in [1.54, 1.807) is 0 Å². The summed E-state index contributed by atoms with van der Waals surface area (Å²) in [5.74, 6) is 2.68. The summed E-state index contributed by atoms with van der Waals surface area (Å²) in [6.07, 6.45) is 19.1. The van der Waals surface area contributed by atoms with Crippen molar-refractivity contribution in [3.63, 3.8) is 0 Å². The van der Waals surface area contributed by atoms with E-state index in [1.807, 2.05) is 0 Å². The summed E-state index contributed by atoms with van der Waals surface area (Å²) in [5, 5.41) is 0. The Hall–Kier alpha value is -1.08. The van der Waals surface area contributed by atoms with E-state index in [-0.39, 0.29) is 0 Å². The molecule has 1 nitrogen and oxygen atoms in total. The van der Waals surface area contributed by atoms with Crippen molar-refractivity contribution in [3.8, 4) is 0 Å². The van der Waals surface area contributed by atoms with Crippen LogP contribution in [0.25, 0.3) is 0 Å². The third-order valence-electron chi connectivity index (χ3n) is 6.50. The molecule has 0 radical (unpaired) electrons. The lowest BCUT2D eigenvalue weighted by atomic mass is 9.81. The molecule has 0 saturated heterocycles. The molecule has 3 rings (SSSR count). The van der Waals surface area contributed by atoms with Gasteiger partial charge in [0.15, 0.2) is 0 Å². The van der Waals surface area contributed by atoms with Crippen LogP contribution in [0.1, 0.15) is 89.2 Å². The van der Waals surface area contributed by atoms with Crippen LogP contribution in [-0.2, 0) is 4.74 Å². The number of allylic oxidation sites excluding steroid dienone is 2. The molecule has 158 valence electrons. The second kappa shape index (κ2) is 13.2. The molecule has 2 saturated carbocycles. The number of unbranched alkanes of at least 4 members (excludes halogenated alkanes) is 1. The minimum absolute atomic E-state index is 0.557. The maximum Gasteiger partial charge on any atom is 0.0575 e. The third-order valence-corrected chi connectivity index (χ3v) is 6.50. The first-order valence-electron chi connectivity index (χ1n) is 11.9. The molecule has 0 unspecified atom stereocenters. The van der Waals surface area contributed by atoms with Crippen LogP contribution < -0.4 is 0 Å². The fourth-order valence-corrected chi connectivity index (χ4v) is 4.27. The van der Waals surface area contributed by atoms with Crippen molar-refractivity contribution >= 4 is 0 Å². The van der Waals surface area contributed by atoms with Gasteiger partial charge in [0, 0.05) is 6.61 Å². The van der Waals surface area contributed by atoms with Gasteiger partial charge in [-0.1, -0.05) is 80.7 Å². The van der Waals surface area contributed by atoms with E-state index in [9.17, 15) is 0 Å². The molecule has 1 heteroatoms. The van der Waals surface area contributed by atoms with Crippen molar-refractivity contribution in [2.24, 2.45) is 17.8 Å². The van der Waals surface area contributed by atoms with Gasteiger partial charge in [-0.25, -0.2) is 0 Å². The summed E-state index contributed by atoms with van der Waals surface area (Å²) in [6.45, 7) is 9.80. The van der Waals surface area contributed by atoms with E-state index in [4.69, 9.17) is 4.74 Å². The molecule has 2 aliphatic rings. The van der Waals surface area contributed by atoms with E-state index in [1.165, 1.54) is 75.3 Å². The standard InChI is InChI=1S/C19H34O.C8H10/c1-3-4-15-20-19-13-11-18(12-14-19)10-9-17-7-5-16(2)6-8-17;1-7-3-5-8(2)6-4-7/h9-10,16-19H,3-8,11-15H2,1-2H3;3-6H,1-2H3. The van der Waals surface area contributed by atoms with Crippen LogP contribution in [0.4, 0.5) is 0 Å². The number of aryl methyl sites for hydroxylation is 2. The van der Waals surface area contributed by atoms with Gasteiger partial charge in [-0.2, -0.15) is 0 Å². The number of rotatable bonds is 6. The molecule has 2 aliphatic carbocycles. The first-order valence-corrected chi connectivity index (χ1v) is 11.9. The summed E-state index contributed by atoms with van der Waals surface area (Å²) in [6, 6.07) is 8.48. The molecule has 0 aliphatic heterocycles. The first kappa shape index (κ1) is 23.2. The van der Waals surface area contributed by atoms with Gasteiger partial charge in [0.25, 0.3) is 0 Å². The Kier molecular flexibility index (Phi) is 10.9. The van der Waals surface area contributed by atoms with E-state index < -0.39 is 0 Å². The van der Waals surface area contributed by atoms with Gasteiger partial charge in [-0.3, -0.25) is 0 Å². The summed E-state index contributed by atoms with van der Waals surface area (Å²) < 4.78 is 5.95. The second-order valence-electron chi connectivity index (χ2n) is 9.32. The van der Waals surface area contributed by atoms with Gasteiger partial charge in [0.05, 0.1) is 6.10 Å². The summed E-state index contributed by atoms with van der Waals surface area (Å²) in [7, 11) is 0. The molecular weight excluding hydrogens is 340 g/mol. The summed E-state index contributed by atoms with van der Waals surface area (Å²) in [5.41, 5.74) is 2.66. The van der Waals surface area contributed by atoms with Crippen molar-refractivity contribution in [2.45, 2.75) is 98.0 Å². The van der Waals surface area contributed by atoms with E-state index in [2.05, 4.69) is 64.1 Å². The average molecular weight is 385 g/mol. The van der Waals surface area contributed by atoms with Crippen molar-refractivity contribution in [3.05, 3.63) is 47.5 Å². The smallest absolute Gasteiger partial charge is 0.0575 e. The minimum atomic E-state index is 0.557. The molecule has 0 heterocycles. The van der Waals surface area contributed by atoms with E-state index >= 15 is 0 Å². The maximum atomic E-state index is 5.95. The normalized spacial score (nSPS) is 28.0. The Balaban J connectivity index is 0.000000292. The van der Waals surface area contributed by atoms with Gasteiger partial charge in [-0.05, 0) is 76.5 Å².